The molecule has 1 aromatic heterocycles. The van der Waals surface area contributed by atoms with Gasteiger partial charge in [-0.1, -0.05) is 0 Å². The number of pyridine rings is 1. The van der Waals surface area contributed by atoms with Crippen molar-refractivity contribution >= 4 is 5.91 Å². The van der Waals surface area contributed by atoms with Crippen molar-refractivity contribution in [3.63, 3.8) is 0 Å². The molecule has 94 valence electrons. The standard InChI is InChI=1S/C10H11F3N2O2/c1-7(9(17)14-6-10(11,12)13)15-4-2-3-8(16)5-15/h2-5,7H,6H2,1H3,(H-,14,16,17)/p+1/t7-/m1/s1. The van der Waals surface area contributed by atoms with Gasteiger partial charge in [0.25, 0.3) is 5.91 Å². The van der Waals surface area contributed by atoms with Crippen LogP contribution in [0.2, 0.25) is 0 Å². The molecule has 1 heterocycles. The largest absolute Gasteiger partial charge is 0.503 e. The van der Waals surface area contributed by atoms with Crippen LogP contribution in [0.25, 0.3) is 0 Å². The monoisotopic (exact) mass is 249 g/mol. The minimum absolute atomic E-state index is 0.0667. The maximum absolute atomic E-state index is 11.9. The molecular formula is C10H12F3N2O2+. The van der Waals surface area contributed by atoms with Gasteiger partial charge < -0.3 is 10.4 Å². The number of nitrogens with zero attached hydrogens (tertiary/aromatic N) is 1. The second-order valence-corrected chi connectivity index (χ2v) is 3.52. The molecule has 1 rings (SSSR count). The van der Waals surface area contributed by atoms with Crippen LogP contribution in [-0.4, -0.2) is 23.7 Å². The second-order valence-electron chi connectivity index (χ2n) is 3.52. The highest BCUT2D eigenvalue weighted by atomic mass is 19.4. The fourth-order valence-corrected chi connectivity index (χ4v) is 1.19. The van der Waals surface area contributed by atoms with Gasteiger partial charge in [-0.25, -0.2) is 0 Å². The van der Waals surface area contributed by atoms with Crippen LogP contribution in [-0.2, 0) is 4.79 Å². The molecule has 1 amide bonds. The lowest BCUT2D eigenvalue weighted by molar-refractivity contribution is -0.706. The second kappa shape index (κ2) is 5.03. The molecule has 0 radical (unpaired) electrons. The summed E-state index contributed by atoms with van der Waals surface area (Å²) in [4.78, 5) is 11.4. The minimum Gasteiger partial charge on any atom is -0.503 e. The number of carbonyl (C=O) groups is 1. The molecule has 7 heteroatoms. The van der Waals surface area contributed by atoms with Gasteiger partial charge in [0.15, 0.2) is 11.9 Å². The van der Waals surface area contributed by atoms with Gasteiger partial charge in [-0.15, -0.1) is 0 Å². The lowest BCUT2D eigenvalue weighted by Crippen LogP contribution is -2.48. The highest BCUT2D eigenvalue weighted by Crippen LogP contribution is 2.12. The van der Waals surface area contributed by atoms with Gasteiger partial charge in [-0.2, -0.15) is 17.7 Å². The number of amides is 1. The van der Waals surface area contributed by atoms with E-state index in [9.17, 15) is 23.1 Å². The summed E-state index contributed by atoms with van der Waals surface area (Å²) < 4.78 is 37.0. The van der Waals surface area contributed by atoms with Gasteiger partial charge in [0, 0.05) is 13.0 Å². The van der Waals surface area contributed by atoms with Crippen LogP contribution in [0.15, 0.2) is 24.5 Å². The van der Waals surface area contributed by atoms with Crippen molar-refractivity contribution in [1.82, 2.24) is 5.32 Å². The van der Waals surface area contributed by atoms with E-state index >= 15 is 0 Å². The van der Waals surface area contributed by atoms with Gasteiger partial charge in [0.05, 0.1) is 0 Å². The first-order valence-electron chi connectivity index (χ1n) is 4.84. The first-order chi connectivity index (χ1) is 7.79. The van der Waals surface area contributed by atoms with Crippen molar-refractivity contribution in [1.29, 1.82) is 0 Å². The molecule has 0 aliphatic heterocycles. The van der Waals surface area contributed by atoms with Crippen LogP contribution in [0.3, 0.4) is 0 Å². The smallest absolute Gasteiger partial charge is 0.405 e. The van der Waals surface area contributed by atoms with E-state index in [1.54, 1.807) is 5.32 Å². The molecule has 0 aliphatic rings. The van der Waals surface area contributed by atoms with E-state index in [-0.39, 0.29) is 5.75 Å². The Hall–Kier alpha value is -1.79. The fourth-order valence-electron chi connectivity index (χ4n) is 1.19. The molecule has 4 nitrogen and oxygen atoms in total. The summed E-state index contributed by atoms with van der Waals surface area (Å²) in [6.07, 6.45) is -1.69. The predicted octanol–water partition coefficient (Wildman–Crippen LogP) is 0.919. The van der Waals surface area contributed by atoms with Crippen molar-refractivity contribution < 1.29 is 27.6 Å². The Balaban J connectivity index is 2.64. The molecule has 2 N–H and O–H groups in total. The van der Waals surface area contributed by atoms with Crippen LogP contribution >= 0.6 is 0 Å². The Kier molecular flexibility index (Phi) is 3.93. The van der Waals surface area contributed by atoms with E-state index in [0.717, 1.165) is 0 Å². The first kappa shape index (κ1) is 13.3. The molecule has 0 aromatic carbocycles. The Bertz CT molecular complexity index is 407. The van der Waals surface area contributed by atoms with E-state index in [4.69, 9.17) is 0 Å². The molecule has 1 atom stereocenters. The van der Waals surface area contributed by atoms with Gasteiger partial charge in [-0.05, 0) is 6.07 Å². The van der Waals surface area contributed by atoms with Gasteiger partial charge in [0.1, 0.15) is 6.54 Å². The minimum atomic E-state index is -4.43. The van der Waals surface area contributed by atoms with E-state index in [0.29, 0.717) is 0 Å². The highest BCUT2D eigenvalue weighted by molar-refractivity contribution is 5.78. The third kappa shape index (κ3) is 4.29. The van der Waals surface area contributed by atoms with Crippen LogP contribution in [0, 0.1) is 0 Å². The molecule has 0 saturated carbocycles. The number of hydrogen-bond donors (Lipinski definition) is 2. The third-order valence-electron chi connectivity index (χ3n) is 2.10. The summed E-state index contributed by atoms with van der Waals surface area (Å²) in [5, 5.41) is 10.9. The lowest BCUT2D eigenvalue weighted by Gasteiger charge is -2.10. The van der Waals surface area contributed by atoms with Crippen LogP contribution < -0.4 is 9.88 Å². The Labute approximate surface area is 95.7 Å². The first-order valence-corrected chi connectivity index (χ1v) is 4.84. The number of carbonyl (C=O) groups excluding carboxylic acids is 1. The maximum Gasteiger partial charge on any atom is 0.405 e. The van der Waals surface area contributed by atoms with Crippen molar-refractivity contribution in [2.24, 2.45) is 0 Å². The number of aromatic nitrogens is 1. The summed E-state index contributed by atoms with van der Waals surface area (Å²) in [7, 11) is 0. The van der Waals surface area contributed by atoms with Crippen LogP contribution in [0.1, 0.15) is 13.0 Å². The molecule has 1 aromatic rings. The van der Waals surface area contributed by atoms with E-state index in [2.05, 4.69) is 0 Å². The summed E-state index contributed by atoms with van der Waals surface area (Å²) in [6, 6.07) is 2.06. The number of hydrogen-bond acceptors (Lipinski definition) is 2. The quantitative estimate of drug-likeness (QED) is 0.783. The summed E-state index contributed by atoms with van der Waals surface area (Å²) in [5.41, 5.74) is 0. The lowest BCUT2D eigenvalue weighted by atomic mass is 10.3. The van der Waals surface area contributed by atoms with Crippen molar-refractivity contribution in [3.8, 4) is 5.75 Å². The molecule has 0 aliphatic carbocycles. The average molecular weight is 249 g/mol. The zero-order valence-corrected chi connectivity index (χ0v) is 9.03. The normalized spacial score (nSPS) is 13.2. The predicted molar refractivity (Wildman–Crippen MR) is 52.1 cm³/mol. The van der Waals surface area contributed by atoms with Crippen molar-refractivity contribution in [2.75, 3.05) is 6.54 Å². The van der Waals surface area contributed by atoms with E-state index in [1.165, 1.54) is 36.0 Å². The zero-order chi connectivity index (χ0) is 13.1. The van der Waals surface area contributed by atoms with Crippen LogP contribution in [0.5, 0.6) is 5.75 Å². The van der Waals surface area contributed by atoms with Gasteiger partial charge in [0.2, 0.25) is 12.2 Å². The number of aromatic hydroxyl groups is 1. The Morgan fingerprint density at radius 3 is 2.76 bits per heavy atom. The van der Waals surface area contributed by atoms with Crippen molar-refractivity contribution in [3.05, 3.63) is 24.5 Å². The summed E-state index contributed by atoms with van der Waals surface area (Å²) >= 11 is 0. The van der Waals surface area contributed by atoms with E-state index in [1.807, 2.05) is 0 Å². The molecule has 17 heavy (non-hydrogen) atoms. The average Bonchev–Trinajstić information content (AvgIpc) is 2.24. The number of halogens is 3. The number of alkyl halides is 3. The molecule has 0 saturated heterocycles. The highest BCUT2D eigenvalue weighted by Gasteiger charge is 2.30. The van der Waals surface area contributed by atoms with Gasteiger partial charge >= 0.3 is 6.18 Å². The number of rotatable bonds is 3. The summed E-state index contributed by atoms with van der Waals surface area (Å²) in [6.45, 7) is 0.0701. The SMILES string of the molecule is C[C@H](C(=O)NCC(F)(F)F)[n+]1cccc(O)c1. The fraction of sp³-hybridized carbons (Fsp3) is 0.400. The molecule has 0 unspecified atom stereocenters. The maximum atomic E-state index is 11.9. The van der Waals surface area contributed by atoms with Crippen LogP contribution in [0.4, 0.5) is 13.2 Å². The molecular weight excluding hydrogens is 237 g/mol. The third-order valence-corrected chi connectivity index (χ3v) is 2.10. The van der Waals surface area contributed by atoms with Crippen molar-refractivity contribution in [2.45, 2.75) is 19.1 Å². The molecule has 0 bridgehead atoms. The Morgan fingerprint density at radius 1 is 1.59 bits per heavy atom. The van der Waals surface area contributed by atoms with Gasteiger partial charge in [-0.3, -0.25) is 4.79 Å². The number of nitrogens with one attached hydrogen (secondary N) is 1. The molecule has 0 fully saturated rings. The zero-order valence-electron chi connectivity index (χ0n) is 9.03. The topological polar surface area (TPSA) is 53.2 Å². The molecule has 0 spiro atoms. The Morgan fingerprint density at radius 2 is 2.24 bits per heavy atom. The van der Waals surface area contributed by atoms with E-state index < -0.39 is 24.7 Å². The summed E-state index contributed by atoms with van der Waals surface area (Å²) in [5.74, 6) is -0.833.